The molecule has 0 spiro atoms. The van der Waals surface area contributed by atoms with Gasteiger partial charge in [-0.1, -0.05) is 41.5 Å². The zero-order chi connectivity index (χ0) is 9.97. The molecule has 0 fully saturated rings. The number of aryl methyl sites for hydroxylation is 1. The Morgan fingerprint density at radius 3 is 2.71 bits per heavy atom. The second-order valence-corrected chi connectivity index (χ2v) is 3.12. The Labute approximate surface area is 81.6 Å². The van der Waals surface area contributed by atoms with E-state index < -0.39 is 0 Å². The van der Waals surface area contributed by atoms with Crippen molar-refractivity contribution in [3.8, 4) is 0 Å². The van der Waals surface area contributed by atoms with Crippen LogP contribution in [0, 0.1) is 6.92 Å². The van der Waals surface area contributed by atoms with Crippen LogP contribution in [0.15, 0.2) is 41.5 Å². The van der Waals surface area contributed by atoms with Gasteiger partial charge in [0.25, 0.3) is 0 Å². The van der Waals surface area contributed by atoms with Crippen molar-refractivity contribution < 1.29 is 0 Å². The normalized spacial score (nSPS) is 9.79. The third kappa shape index (κ3) is 1.30. The Hall–Kier alpha value is -1.99. The molecule has 0 N–H and O–H groups in total. The smallest absolute Gasteiger partial charge is 0.0410 e. The number of fused-ring (bicyclic) bond motifs is 1. The summed E-state index contributed by atoms with van der Waals surface area (Å²) in [5.74, 6) is 0. The first-order chi connectivity index (χ1) is 6.83. The molecule has 0 radical (unpaired) electrons. The highest BCUT2D eigenvalue weighted by molar-refractivity contribution is 5.89. The average molecular weight is 183 g/mol. The van der Waals surface area contributed by atoms with Crippen molar-refractivity contribution >= 4 is 16.5 Å². The summed E-state index contributed by atoms with van der Waals surface area (Å²) in [5.41, 5.74) is 10.1. The van der Waals surface area contributed by atoms with Crippen molar-refractivity contribution in [2.75, 3.05) is 0 Å². The Morgan fingerprint density at radius 1 is 1.14 bits per heavy atom. The number of nitrogens with zero attached hydrogens (tertiary/aromatic N) is 3. The number of hydrogen-bond donors (Lipinski definition) is 0. The SMILES string of the molecule is Cc1c(N=[N+]=[N-])ccc2ccccc12. The molecule has 0 atom stereocenters. The quantitative estimate of drug-likeness (QED) is 0.363. The fourth-order valence-corrected chi connectivity index (χ4v) is 1.57. The maximum Gasteiger partial charge on any atom is 0.0410 e. The molecular formula is C11H9N3. The third-order valence-electron chi connectivity index (χ3n) is 2.32. The van der Waals surface area contributed by atoms with Crippen LogP contribution in [0.3, 0.4) is 0 Å². The Bertz CT molecular complexity index is 525. The molecule has 0 amide bonds. The van der Waals surface area contributed by atoms with Gasteiger partial charge < -0.3 is 0 Å². The van der Waals surface area contributed by atoms with Gasteiger partial charge in [0.05, 0.1) is 0 Å². The van der Waals surface area contributed by atoms with Crippen molar-refractivity contribution in [3.05, 3.63) is 52.4 Å². The van der Waals surface area contributed by atoms with Crippen molar-refractivity contribution in [1.82, 2.24) is 0 Å². The minimum atomic E-state index is 0.700. The van der Waals surface area contributed by atoms with E-state index in [1.54, 1.807) is 0 Å². The summed E-state index contributed by atoms with van der Waals surface area (Å²) in [5, 5.41) is 5.94. The lowest BCUT2D eigenvalue weighted by Gasteiger charge is -2.03. The molecule has 0 aliphatic heterocycles. The van der Waals surface area contributed by atoms with E-state index in [4.69, 9.17) is 5.53 Å². The van der Waals surface area contributed by atoms with Gasteiger partial charge in [-0.25, -0.2) is 0 Å². The van der Waals surface area contributed by atoms with Crippen LogP contribution in [0.2, 0.25) is 0 Å². The first-order valence-electron chi connectivity index (χ1n) is 4.36. The van der Waals surface area contributed by atoms with Gasteiger partial charge in [-0.05, 0) is 28.8 Å². The number of rotatable bonds is 1. The van der Waals surface area contributed by atoms with Crippen molar-refractivity contribution in [1.29, 1.82) is 0 Å². The van der Waals surface area contributed by atoms with Gasteiger partial charge in [0.2, 0.25) is 0 Å². The molecule has 0 aliphatic rings. The monoisotopic (exact) mass is 183 g/mol. The van der Waals surface area contributed by atoms with Crippen LogP contribution >= 0.6 is 0 Å². The summed E-state index contributed by atoms with van der Waals surface area (Å²) in [6.45, 7) is 1.96. The van der Waals surface area contributed by atoms with E-state index in [0.717, 1.165) is 10.9 Å². The topological polar surface area (TPSA) is 48.8 Å². The van der Waals surface area contributed by atoms with Crippen LogP contribution in [-0.2, 0) is 0 Å². The van der Waals surface area contributed by atoms with E-state index >= 15 is 0 Å². The van der Waals surface area contributed by atoms with Crippen LogP contribution in [0.4, 0.5) is 5.69 Å². The van der Waals surface area contributed by atoms with Gasteiger partial charge in [-0.3, -0.25) is 0 Å². The third-order valence-corrected chi connectivity index (χ3v) is 2.32. The first kappa shape index (κ1) is 8.60. The van der Waals surface area contributed by atoms with Gasteiger partial charge in [-0.2, -0.15) is 0 Å². The predicted molar refractivity (Wildman–Crippen MR) is 57.5 cm³/mol. The van der Waals surface area contributed by atoms with Gasteiger partial charge in [0, 0.05) is 10.6 Å². The second-order valence-electron chi connectivity index (χ2n) is 3.12. The lowest BCUT2D eigenvalue weighted by molar-refractivity contribution is 1.41. The molecule has 2 rings (SSSR count). The van der Waals surface area contributed by atoms with Gasteiger partial charge in [0.15, 0.2) is 0 Å². The molecule has 0 saturated heterocycles. The van der Waals surface area contributed by atoms with Crippen LogP contribution in [-0.4, -0.2) is 0 Å². The lowest BCUT2D eigenvalue weighted by atomic mass is 10.0. The van der Waals surface area contributed by atoms with E-state index in [9.17, 15) is 0 Å². The van der Waals surface area contributed by atoms with Gasteiger partial charge in [0.1, 0.15) is 0 Å². The molecule has 0 aliphatic carbocycles. The highest BCUT2D eigenvalue weighted by Gasteiger charge is 2.00. The molecule has 0 heterocycles. The first-order valence-corrected chi connectivity index (χ1v) is 4.36. The molecule has 14 heavy (non-hydrogen) atoms. The van der Waals surface area contributed by atoms with E-state index in [1.165, 1.54) is 5.39 Å². The highest BCUT2D eigenvalue weighted by atomic mass is 15.1. The molecule has 0 aromatic heterocycles. The zero-order valence-corrected chi connectivity index (χ0v) is 7.81. The molecule has 0 saturated carbocycles. The standard InChI is InChI=1S/C11H9N3/c1-8-10-5-3-2-4-9(10)6-7-11(8)13-14-12/h2-7H,1H3. The molecule has 2 aromatic rings. The van der Waals surface area contributed by atoms with Crippen molar-refractivity contribution in [2.24, 2.45) is 5.11 Å². The minimum absolute atomic E-state index is 0.700. The highest BCUT2D eigenvalue weighted by Crippen LogP contribution is 2.27. The Balaban J connectivity index is 2.81. The van der Waals surface area contributed by atoms with Gasteiger partial charge >= 0.3 is 0 Å². The number of hydrogen-bond acceptors (Lipinski definition) is 1. The Morgan fingerprint density at radius 2 is 1.93 bits per heavy atom. The predicted octanol–water partition coefficient (Wildman–Crippen LogP) is 4.09. The minimum Gasteiger partial charge on any atom is -0.0616 e. The molecule has 3 nitrogen and oxygen atoms in total. The Kier molecular flexibility index (Phi) is 2.09. The molecular weight excluding hydrogens is 174 g/mol. The van der Waals surface area contributed by atoms with Crippen molar-refractivity contribution in [3.63, 3.8) is 0 Å². The van der Waals surface area contributed by atoms with Crippen molar-refractivity contribution in [2.45, 2.75) is 6.92 Å². The number of benzene rings is 2. The molecule has 3 heteroatoms. The van der Waals surface area contributed by atoms with Crippen LogP contribution in [0.1, 0.15) is 5.56 Å². The number of azide groups is 1. The fraction of sp³-hybridized carbons (Fsp3) is 0.0909. The summed E-state index contributed by atoms with van der Waals surface area (Å²) in [6, 6.07) is 11.9. The zero-order valence-electron chi connectivity index (χ0n) is 7.81. The lowest BCUT2D eigenvalue weighted by Crippen LogP contribution is -1.78. The molecule has 2 aromatic carbocycles. The maximum atomic E-state index is 8.37. The molecule has 0 bridgehead atoms. The summed E-state index contributed by atoms with van der Waals surface area (Å²) in [7, 11) is 0. The largest absolute Gasteiger partial charge is 0.0616 e. The summed E-state index contributed by atoms with van der Waals surface area (Å²) < 4.78 is 0. The summed E-state index contributed by atoms with van der Waals surface area (Å²) >= 11 is 0. The summed E-state index contributed by atoms with van der Waals surface area (Å²) in [6.07, 6.45) is 0. The summed E-state index contributed by atoms with van der Waals surface area (Å²) in [4.78, 5) is 2.80. The van der Waals surface area contributed by atoms with Crippen LogP contribution < -0.4 is 0 Å². The van der Waals surface area contributed by atoms with Gasteiger partial charge in [-0.15, -0.1) is 0 Å². The van der Waals surface area contributed by atoms with E-state index in [1.807, 2.05) is 43.3 Å². The molecule has 0 unspecified atom stereocenters. The van der Waals surface area contributed by atoms with E-state index in [-0.39, 0.29) is 0 Å². The van der Waals surface area contributed by atoms with Crippen LogP contribution in [0.25, 0.3) is 21.2 Å². The van der Waals surface area contributed by atoms with E-state index in [2.05, 4.69) is 10.0 Å². The molecule has 68 valence electrons. The maximum absolute atomic E-state index is 8.37. The van der Waals surface area contributed by atoms with Crippen LogP contribution in [0.5, 0.6) is 0 Å². The fourth-order valence-electron chi connectivity index (χ4n) is 1.57. The average Bonchev–Trinajstić information content (AvgIpc) is 2.23. The second kappa shape index (κ2) is 3.40. The van der Waals surface area contributed by atoms with E-state index in [0.29, 0.717) is 5.69 Å².